The van der Waals surface area contributed by atoms with E-state index >= 15 is 0 Å². The van der Waals surface area contributed by atoms with Crippen LogP contribution in [0.15, 0.2) is 205 Å². The number of furan rings is 1. The Labute approximate surface area is 332 Å². The van der Waals surface area contributed by atoms with Crippen molar-refractivity contribution < 1.29 is 4.42 Å². The number of aromatic nitrogens is 3. The molecule has 0 unspecified atom stereocenters. The van der Waals surface area contributed by atoms with Crippen molar-refractivity contribution in [3.05, 3.63) is 200 Å². The van der Waals surface area contributed by atoms with Crippen LogP contribution in [-0.4, -0.2) is 13.7 Å². The van der Waals surface area contributed by atoms with E-state index in [1.165, 1.54) is 59.9 Å². The highest BCUT2D eigenvalue weighted by molar-refractivity contribution is 6.13. The van der Waals surface area contributed by atoms with E-state index in [0.29, 0.717) is 0 Å². The Morgan fingerprint density at radius 3 is 1.19 bits per heavy atom. The van der Waals surface area contributed by atoms with Gasteiger partial charge in [0, 0.05) is 60.2 Å². The van der Waals surface area contributed by atoms with E-state index in [-0.39, 0.29) is 0 Å². The third-order valence-corrected chi connectivity index (χ3v) is 12.2. The zero-order valence-electron chi connectivity index (χ0n) is 31.3. The van der Waals surface area contributed by atoms with Gasteiger partial charge in [-0.3, -0.25) is 0 Å². The van der Waals surface area contributed by atoms with Crippen LogP contribution in [0.5, 0.6) is 0 Å². The molecule has 4 aromatic heterocycles. The van der Waals surface area contributed by atoms with Crippen LogP contribution in [0.1, 0.15) is 0 Å². The second kappa shape index (κ2) is 11.8. The smallest absolute Gasteiger partial charge is 0.135 e. The first kappa shape index (κ1) is 31.4. The average molecular weight is 740 g/mol. The second-order valence-corrected chi connectivity index (χ2v) is 15.3. The maximum atomic E-state index is 6.28. The Kier molecular flexibility index (Phi) is 6.41. The molecule has 58 heavy (non-hydrogen) atoms. The van der Waals surface area contributed by atoms with E-state index in [4.69, 9.17) is 4.42 Å². The molecule has 0 fully saturated rings. The molecule has 0 amide bonds. The van der Waals surface area contributed by atoms with Gasteiger partial charge in [0.25, 0.3) is 0 Å². The summed E-state index contributed by atoms with van der Waals surface area (Å²) in [4.78, 5) is 0. The minimum absolute atomic E-state index is 0.894. The molecule has 9 aromatic carbocycles. The summed E-state index contributed by atoms with van der Waals surface area (Å²) >= 11 is 0. The number of para-hydroxylation sites is 6. The minimum Gasteiger partial charge on any atom is -0.456 e. The highest BCUT2D eigenvalue weighted by Gasteiger charge is 2.20. The minimum atomic E-state index is 0.894. The molecule has 0 N–H and O–H groups in total. The second-order valence-electron chi connectivity index (χ2n) is 15.3. The SMILES string of the molecule is c1ccc2c(c1)oc1ccc(-c3cc(-n4c5ccccc5c5ccccc54)cc(-n4c5ccccc5c5cc(-n6c7ccccc7c7ccccc76)ccc54)c3)cc12. The Hall–Kier alpha value is -7.82. The predicted octanol–water partition coefficient (Wildman–Crippen LogP) is 14.5. The fourth-order valence-electron chi connectivity index (χ4n) is 9.71. The number of nitrogens with zero attached hydrogens (tertiary/aromatic N) is 3. The van der Waals surface area contributed by atoms with Crippen molar-refractivity contribution in [3.8, 4) is 28.2 Å². The Bertz CT molecular complexity index is 3710. The van der Waals surface area contributed by atoms with Crippen LogP contribution in [0.3, 0.4) is 0 Å². The molecule has 0 aliphatic carbocycles. The first-order valence-corrected chi connectivity index (χ1v) is 19.8. The van der Waals surface area contributed by atoms with Gasteiger partial charge in [-0.15, -0.1) is 0 Å². The lowest BCUT2D eigenvalue weighted by atomic mass is 10.0. The van der Waals surface area contributed by atoms with Crippen LogP contribution in [0.4, 0.5) is 0 Å². The lowest BCUT2D eigenvalue weighted by Crippen LogP contribution is -2.00. The highest BCUT2D eigenvalue weighted by Crippen LogP contribution is 2.41. The summed E-state index contributed by atoms with van der Waals surface area (Å²) in [6.45, 7) is 0. The van der Waals surface area contributed by atoms with E-state index in [9.17, 15) is 0 Å². The van der Waals surface area contributed by atoms with E-state index in [2.05, 4.69) is 202 Å². The van der Waals surface area contributed by atoms with E-state index < -0.39 is 0 Å². The molecular weight excluding hydrogens is 707 g/mol. The quantitative estimate of drug-likeness (QED) is 0.177. The molecule has 270 valence electrons. The molecule has 0 bridgehead atoms. The van der Waals surface area contributed by atoms with Gasteiger partial charge >= 0.3 is 0 Å². The van der Waals surface area contributed by atoms with Gasteiger partial charge in [-0.25, -0.2) is 0 Å². The maximum Gasteiger partial charge on any atom is 0.135 e. The van der Waals surface area contributed by atoms with Crippen LogP contribution in [0.25, 0.3) is 116 Å². The summed E-state index contributed by atoms with van der Waals surface area (Å²) in [5.41, 5.74) is 14.5. The first-order chi connectivity index (χ1) is 28.8. The van der Waals surface area contributed by atoms with E-state index in [1.807, 2.05) is 12.1 Å². The zero-order valence-corrected chi connectivity index (χ0v) is 31.3. The lowest BCUT2D eigenvalue weighted by molar-refractivity contribution is 0.669. The molecule has 0 saturated carbocycles. The van der Waals surface area contributed by atoms with E-state index in [0.717, 1.165) is 55.6 Å². The first-order valence-electron chi connectivity index (χ1n) is 19.8. The Balaban J connectivity index is 1.10. The van der Waals surface area contributed by atoms with Gasteiger partial charge in [0.1, 0.15) is 11.2 Å². The Morgan fingerprint density at radius 1 is 0.241 bits per heavy atom. The van der Waals surface area contributed by atoms with Crippen molar-refractivity contribution in [3.63, 3.8) is 0 Å². The van der Waals surface area contributed by atoms with Crippen molar-refractivity contribution in [2.45, 2.75) is 0 Å². The number of hydrogen-bond acceptors (Lipinski definition) is 1. The van der Waals surface area contributed by atoms with Crippen molar-refractivity contribution in [2.75, 3.05) is 0 Å². The summed E-state index contributed by atoms with van der Waals surface area (Å²) in [5.74, 6) is 0. The van der Waals surface area contributed by atoms with Gasteiger partial charge in [0.2, 0.25) is 0 Å². The average Bonchev–Trinajstić information content (AvgIpc) is 4.02. The fourth-order valence-corrected chi connectivity index (χ4v) is 9.71. The van der Waals surface area contributed by atoms with Gasteiger partial charge in [-0.1, -0.05) is 115 Å². The van der Waals surface area contributed by atoms with E-state index in [1.54, 1.807) is 0 Å². The normalized spacial score (nSPS) is 12.1. The topological polar surface area (TPSA) is 27.9 Å². The Morgan fingerprint density at radius 2 is 0.655 bits per heavy atom. The molecule has 13 rings (SSSR count). The number of benzene rings is 9. The maximum absolute atomic E-state index is 6.28. The molecule has 4 heteroatoms. The van der Waals surface area contributed by atoms with Gasteiger partial charge < -0.3 is 18.1 Å². The van der Waals surface area contributed by atoms with Crippen molar-refractivity contribution in [1.29, 1.82) is 0 Å². The number of fused-ring (bicyclic) bond motifs is 12. The van der Waals surface area contributed by atoms with Gasteiger partial charge in [-0.2, -0.15) is 0 Å². The molecule has 0 aliphatic heterocycles. The summed E-state index contributed by atoms with van der Waals surface area (Å²) < 4.78 is 13.6. The molecular formula is C54H33N3O. The monoisotopic (exact) mass is 739 g/mol. The number of rotatable bonds is 4. The predicted molar refractivity (Wildman–Crippen MR) is 242 cm³/mol. The summed E-state index contributed by atoms with van der Waals surface area (Å²) in [7, 11) is 0. The molecule has 0 aliphatic rings. The van der Waals surface area contributed by atoms with Crippen molar-refractivity contribution in [2.24, 2.45) is 0 Å². The summed E-state index contributed by atoms with van der Waals surface area (Å²) in [6, 6.07) is 72.7. The van der Waals surface area contributed by atoms with Gasteiger partial charge in [-0.05, 0) is 96.1 Å². The van der Waals surface area contributed by atoms with Crippen LogP contribution in [-0.2, 0) is 0 Å². The lowest BCUT2D eigenvalue weighted by Gasteiger charge is -2.16. The molecule has 4 heterocycles. The van der Waals surface area contributed by atoms with Crippen LogP contribution >= 0.6 is 0 Å². The molecule has 0 atom stereocenters. The number of hydrogen-bond donors (Lipinski definition) is 0. The fraction of sp³-hybridized carbons (Fsp3) is 0. The molecule has 4 nitrogen and oxygen atoms in total. The van der Waals surface area contributed by atoms with Gasteiger partial charge in [0.05, 0.1) is 33.1 Å². The largest absolute Gasteiger partial charge is 0.456 e. The summed E-state index contributed by atoms with van der Waals surface area (Å²) in [5, 5.41) is 9.68. The third-order valence-electron chi connectivity index (χ3n) is 12.2. The molecule has 0 radical (unpaired) electrons. The van der Waals surface area contributed by atoms with Crippen molar-refractivity contribution in [1.82, 2.24) is 13.7 Å². The molecule has 0 spiro atoms. The molecule has 13 aromatic rings. The highest BCUT2D eigenvalue weighted by atomic mass is 16.3. The standard InChI is InChI=1S/C54H33N3O/c1-7-19-47-39(13-1)40-14-2-8-20-48(40)55(47)36-26-27-52-45(33-36)43-17-5-11-23-51(43)57(52)38-30-35(34-25-28-54-46(31-34)44-18-6-12-24-53(44)58-54)29-37(32-38)56-49-21-9-3-15-41(49)42-16-4-10-22-50(42)56/h1-33H. The zero-order chi connectivity index (χ0) is 37.9. The van der Waals surface area contributed by atoms with Crippen LogP contribution in [0, 0.1) is 0 Å². The third kappa shape index (κ3) is 4.40. The van der Waals surface area contributed by atoms with Crippen molar-refractivity contribution >= 4 is 87.4 Å². The van der Waals surface area contributed by atoms with Gasteiger partial charge in [0.15, 0.2) is 0 Å². The molecule has 0 saturated heterocycles. The summed E-state index contributed by atoms with van der Waals surface area (Å²) in [6.07, 6.45) is 0. The van der Waals surface area contributed by atoms with Crippen LogP contribution in [0.2, 0.25) is 0 Å². The van der Waals surface area contributed by atoms with Crippen LogP contribution < -0.4 is 0 Å².